The third-order valence-electron chi connectivity index (χ3n) is 4.52. The molecule has 1 heterocycles. The fourth-order valence-corrected chi connectivity index (χ4v) is 3.06. The molecule has 0 saturated heterocycles. The second-order valence-electron chi connectivity index (χ2n) is 6.30. The van der Waals surface area contributed by atoms with E-state index < -0.39 is 11.6 Å². The zero-order valence-corrected chi connectivity index (χ0v) is 13.7. The van der Waals surface area contributed by atoms with Crippen molar-refractivity contribution >= 4 is 5.88 Å². The van der Waals surface area contributed by atoms with Crippen LogP contribution in [0.3, 0.4) is 0 Å². The Morgan fingerprint density at radius 1 is 1.12 bits per heavy atom. The van der Waals surface area contributed by atoms with Gasteiger partial charge in [0, 0.05) is 12.5 Å². The molecule has 4 rings (SSSR count). The average Bonchev–Trinajstić information content (AvgIpc) is 3.36. The second-order valence-corrected chi connectivity index (χ2v) is 6.30. The first kappa shape index (κ1) is 16.3. The first-order valence-corrected chi connectivity index (χ1v) is 8.29. The molecule has 6 heteroatoms. The smallest absolute Gasteiger partial charge is 0.232 e. The Morgan fingerprint density at radius 2 is 1.92 bits per heavy atom. The molecule has 0 unspecified atom stereocenters. The number of anilines is 1. The first-order chi connectivity index (χ1) is 12.7. The number of nitriles is 1. The van der Waals surface area contributed by atoms with Crippen LogP contribution >= 0.6 is 0 Å². The van der Waals surface area contributed by atoms with Crippen LogP contribution in [0.2, 0.25) is 0 Å². The van der Waals surface area contributed by atoms with Crippen LogP contribution in [0.25, 0.3) is 0 Å². The number of halogens is 2. The Balaban J connectivity index is 1.48. The Morgan fingerprint density at radius 3 is 2.65 bits per heavy atom. The summed E-state index contributed by atoms with van der Waals surface area (Å²) in [6.07, 6.45) is 0.929. The van der Waals surface area contributed by atoms with Crippen LogP contribution in [0.5, 0.6) is 0 Å². The van der Waals surface area contributed by atoms with Crippen molar-refractivity contribution in [2.45, 2.75) is 24.8 Å². The SMILES string of the molecule is N#Cc1nc([C@@H]2C[C@@H]2c2ccccc2)oc1NCc1ccc(F)c(F)c1. The lowest BCUT2D eigenvalue weighted by molar-refractivity contribution is 0.502. The number of hydrogen-bond donors (Lipinski definition) is 1. The van der Waals surface area contributed by atoms with Gasteiger partial charge in [-0.15, -0.1) is 0 Å². The number of rotatable bonds is 5. The number of nitrogens with zero attached hydrogens (tertiary/aromatic N) is 2. The Kier molecular flexibility index (Phi) is 4.13. The van der Waals surface area contributed by atoms with Crippen LogP contribution in [0.1, 0.15) is 41.0 Å². The molecule has 0 bridgehead atoms. The number of hydrogen-bond acceptors (Lipinski definition) is 4. The third-order valence-corrected chi connectivity index (χ3v) is 4.52. The Bertz CT molecular complexity index is 978. The highest BCUT2D eigenvalue weighted by molar-refractivity contribution is 5.47. The molecule has 1 fully saturated rings. The number of benzene rings is 2. The molecule has 1 aliphatic carbocycles. The van der Waals surface area contributed by atoms with Crippen molar-refractivity contribution in [1.29, 1.82) is 5.26 Å². The van der Waals surface area contributed by atoms with Gasteiger partial charge in [-0.05, 0) is 35.6 Å². The van der Waals surface area contributed by atoms with E-state index in [-0.39, 0.29) is 24.0 Å². The quantitative estimate of drug-likeness (QED) is 0.723. The van der Waals surface area contributed by atoms with E-state index in [1.165, 1.54) is 11.6 Å². The number of nitrogens with one attached hydrogen (secondary N) is 1. The van der Waals surface area contributed by atoms with Crippen molar-refractivity contribution in [3.63, 3.8) is 0 Å². The van der Waals surface area contributed by atoms with Gasteiger partial charge in [-0.25, -0.2) is 13.8 Å². The first-order valence-electron chi connectivity index (χ1n) is 8.29. The van der Waals surface area contributed by atoms with Crippen molar-refractivity contribution in [3.05, 3.63) is 82.9 Å². The molecule has 0 aliphatic heterocycles. The molecule has 4 nitrogen and oxygen atoms in total. The van der Waals surface area contributed by atoms with Gasteiger partial charge >= 0.3 is 0 Å². The minimum atomic E-state index is -0.910. The molecule has 1 saturated carbocycles. The van der Waals surface area contributed by atoms with Gasteiger partial charge in [-0.1, -0.05) is 36.4 Å². The summed E-state index contributed by atoms with van der Waals surface area (Å²) in [5.41, 5.74) is 1.94. The summed E-state index contributed by atoms with van der Waals surface area (Å²) >= 11 is 0. The summed E-state index contributed by atoms with van der Waals surface area (Å²) in [5, 5.41) is 12.2. The third kappa shape index (κ3) is 3.16. The van der Waals surface area contributed by atoms with E-state index >= 15 is 0 Å². The van der Waals surface area contributed by atoms with Gasteiger partial charge < -0.3 is 9.73 Å². The summed E-state index contributed by atoms with van der Waals surface area (Å²) in [7, 11) is 0. The summed E-state index contributed by atoms with van der Waals surface area (Å²) in [4.78, 5) is 4.29. The molecule has 3 aromatic rings. The van der Waals surface area contributed by atoms with E-state index in [9.17, 15) is 14.0 Å². The topological polar surface area (TPSA) is 61.9 Å². The highest BCUT2D eigenvalue weighted by Gasteiger charge is 2.43. The van der Waals surface area contributed by atoms with Crippen molar-refractivity contribution in [3.8, 4) is 6.07 Å². The van der Waals surface area contributed by atoms with Crippen LogP contribution in [0.15, 0.2) is 52.9 Å². The summed E-state index contributed by atoms with van der Waals surface area (Å²) in [5.74, 6) is -0.515. The monoisotopic (exact) mass is 351 g/mol. The summed E-state index contributed by atoms with van der Waals surface area (Å²) in [6.45, 7) is 0.202. The Hall–Kier alpha value is -3.20. The minimum Gasteiger partial charge on any atom is -0.424 e. The van der Waals surface area contributed by atoms with Crippen LogP contribution < -0.4 is 5.32 Å². The van der Waals surface area contributed by atoms with E-state index in [0.29, 0.717) is 17.4 Å². The highest BCUT2D eigenvalue weighted by Crippen LogP contribution is 2.54. The zero-order chi connectivity index (χ0) is 18.1. The van der Waals surface area contributed by atoms with E-state index in [1.807, 2.05) is 24.3 Å². The highest BCUT2D eigenvalue weighted by atomic mass is 19.2. The van der Waals surface area contributed by atoms with Crippen LogP contribution in [0, 0.1) is 23.0 Å². The zero-order valence-electron chi connectivity index (χ0n) is 13.7. The maximum atomic E-state index is 13.3. The van der Waals surface area contributed by atoms with E-state index in [4.69, 9.17) is 4.42 Å². The predicted molar refractivity (Wildman–Crippen MR) is 91.4 cm³/mol. The lowest BCUT2D eigenvalue weighted by atomic mass is 10.1. The molecule has 1 N–H and O–H groups in total. The molecule has 2 aromatic carbocycles. The van der Waals surface area contributed by atoms with Crippen molar-refractivity contribution in [2.75, 3.05) is 5.32 Å². The average molecular weight is 351 g/mol. The second kappa shape index (κ2) is 6.60. The lowest BCUT2D eigenvalue weighted by Crippen LogP contribution is -2.01. The molecule has 130 valence electrons. The maximum Gasteiger partial charge on any atom is 0.232 e. The largest absolute Gasteiger partial charge is 0.424 e. The fraction of sp³-hybridized carbons (Fsp3) is 0.200. The maximum absolute atomic E-state index is 13.3. The number of oxazole rings is 1. The fourth-order valence-electron chi connectivity index (χ4n) is 3.06. The predicted octanol–water partition coefficient (Wildman–Crippen LogP) is 4.71. The molecular weight excluding hydrogens is 336 g/mol. The van der Waals surface area contributed by atoms with Gasteiger partial charge in [0.25, 0.3) is 0 Å². The van der Waals surface area contributed by atoms with E-state index in [1.54, 1.807) is 0 Å². The lowest BCUT2D eigenvalue weighted by Gasteiger charge is -2.04. The van der Waals surface area contributed by atoms with Crippen LogP contribution in [-0.2, 0) is 6.54 Å². The minimum absolute atomic E-state index is 0.156. The van der Waals surface area contributed by atoms with Crippen molar-refractivity contribution < 1.29 is 13.2 Å². The summed E-state index contributed by atoms with van der Waals surface area (Å²) < 4.78 is 32.0. The molecule has 0 amide bonds. The molecular formula is C20H15F2N3O. The van der Waals surface area contributed by atoms with Gasteiger partial charge in [-0.3, -0.25) is 0 Å². The molecule has 2 atom stereocenters. The van der Waals surface area contributed by atoms with Crippen molar-refractivity contribution in [2.24, 2.45) is 0 Å². The Labute approximate surface area is 149 Å². The van der Waals surface area contributed by atoms with Gasteiger partial charge in [0.2, 0.25) is 17.5 Å². The molecule has 0 spiro atoms. The molecule has 0 radical (unpaired) electrons. The van der Waals surface area contributed by atoms with E-state index in [2.05, 4.69) is 22.4 Å². The normalized spacial score (nSPS) is 18.3. The summed E-state index contributed by atoms with van der Waals surface area (Å²) in [6, 6.07) is 15.8. The molecule has 1 aliphatic rings. The van der Waals surface area contributed by atoms with Gasteiger partial charge in [0.15, 0.2) is 11.6 Å². The van der Waals surface area contributed by atoms with E-state index in [0.717, 1.165) is 18.6 Å². The van der Waals surface area contributed by atoms with Crippen LogP contribution in [0.4, 0.5) is 14.7 Å². The van der Waals surface area contributed by atoms with Crippen LogP contribution in [-0.4, -0.2) is 4.98 Å². The van der Waals surface area contributed by atoms with Gasteiger partial charge in [-0.2, -0.15) is 5.26 Å². The molecule has 26 heavy (non-hydrogen) atoms. The van der Waals surface area contributed by atoms with Gasteiger partial charge in [0.1, 0.15) is 6.07 Å². The number of aromatic nitrogens is 1. The van der Waals surface area contributed by atoms with Gasteiger partial charge in [0.05, 0.1) is 0 Å². The van der Waals surface area contributed by atoms with Crippen molar-refractivity contribution in [1.82, 2.24) is 4.98 Å². The standard InChI is InChI=1S/C20H15F2N3O/c21-16-7-6-12(8-17(16)22)11-24-20-18(10-23)25-19(26-20)15-9-14(15)13-4-2-1-3-5-13/h1-8,14-15,24H,9,11H2/t14-,15-/m1/s1. The molecule has 1 aromatic heterocycles.